The molecule has 23 heavy (non-hydrogen) atoms. The van der Waals surface area contributed by atoms with Gasteiger partial charge in [-0.25, -0.2) is 4.98 Å². The number of aryl methyl sites for hydroxylation is 1. The van der Waals surface area contributed by atoms with Crippen LogP contribution in [0.2, 0.25) is 10.0 Å². The first-order chi connectivity index (χ1) is 11.1. The molecular formula is C15H13Cl2N5O. The fraction of sp³-hybridized carbons (Fsp3) is 0.267. The Bertz CT molecular complexity index is 942. The van der Waals surface area contributed by atoms with Gasteiger partial charge in [0.05, 0.1) is 5.69 Å². The molecule has 1 aromatic carbocycles. The number of fused-ring (bicyclic) bond motifs is 2. The third-order valence-corrected chi connectivity index (χ3v) is 4.72. The number of H-pyrrole nitrogens is 1. The monoisotopic (exact) mass is 349 g/mol. The Kier molecular flexibility index (Phi) is 3.50. The Morgan fingerprint density at radius 2 is 2.00 bits per heavy atom. The van der Waals surface area contributed by atoms with Gasteiger partial charge in [0.15, 0.2) is 0 Å². The fourth-order valence-corrected chi connectivity index (χ4v) is 3.37. The highest BCUT2D eigenvalue weighted by Crippen LogP contribution is 2.25. The number of anilines is 1. The lowest BCUT2D eigenvalue weighted by Gasteiger charge is -2.07. The second-order valence-electron chi connectivity index (χ2n) is 5.46. The zero-order valence-electron chi connectivity index (χ0n) is 12.1. The molecule has 2 heterocycles. The topological polar surface area (TPSA) is 75.1 Å². The van der Waals surface area contributed by atoms with Crippen molar-refractivity contribution in [1.29, 1.82) is 0 Å². The maximum absolute atomic E-state index is 12.4. The maximum Gasteiger partial charge on any atom is 0.277 e. The zero-order valence-corrected chi connectivity index (χ0v) is 13.6. The van der Waals surface area contributed by atoms with E-state index in [1.54, 1.807) is 18.2 Å². The van der Waals surface area contributed by atoms with E-state index in [1.807, 2.05) is 0 Å². The van der Waals surface area contributed by atoms with Gasteiger partial charge in [0.1, 0.15) is 0 Å². The summed E-state index contributed by atoms with van der Waals surface area (Å²) in [5.41, 5.74) is 2.35. The summed E-state index contributed by atoms with van der Waals surface area (Å²) in [6.07, 6.45) is 2.59. The van der Waals surface area contributed by atoms with Gasteiger partial charge in [0.2, 0.25) is 5.95 Å². The van der Waals surface area contributed by atoms with Crippen molar-refractivity contribution in [3.63, 3.8) is 0 Å². The predicted octanol–water partition coefficient (Wildman–Crippen LogP) is 2.83. The van der Waals surface area contributed by atoms with Gasteiger partial charge in [-0.2, -0.15) is 9.50 Å². The van der Waals surface area contributed by atoms with Crippen LogP contribution >= 0.6 is 23.2 Å². The van der Waals surface area contributed by atoms with Crippen LogP contribution < -0.4 is 10.9 Å². The second kappa shape index (κ2) is 5.54. The van der Waals surface area contributed by atoms with Gasteiger partial charge in [-0.05, 0) is 31.4 Å². The first-order valence-electron chi connectivity index (χ1n) is 7.31. The van der Waals surface area contributed by atoms with Gasteiger partial charge in [0, 0.05) is 27.7 Å². The Morgan fingerprint density at radius 1 is 1.22 bits per heavy atom. The summed E-state index contributed by atoms with van der Waals surface area (Å²) in [4.78, 5) is 21.2. The third kappa shape index (κ3) is 2.48. The normalized spacial score (nSPS) is 13.5. The average molecular weight is 350 g/mol. The molecule has 0 atom stereocenters. The fourth-order valence-electron chi connectivity index (χ4n) is 2.84. The summed E-state index contributed by atoms with van der Waals surface area (Å²) in [6.45, 7) is 0.396. The van der Waals surface area contributed by atoms with Crippen LogP contribution in [0.3, 0.4) is 0 Å². The molecule has 0 amide bonds. The number of hydrogen-bond acceptors (Lipinski definition) is 4. The highest BCUT2D eigenvalue weighted by molar-refractivity contribution is 6.36. The van der Waals surface area contributed by atoms with Crippen molar-refractivity contribution >= 4 is 34.9 Å². The zero-order chi connectivity index (χ0) is 16.0. The first kappa shape index (κ1) is 14.5. The minimum atomic E-state index is -0.0705. The molecule has 6 nitrogen and oxygen atoms in total. The van der Waals surface area contributed by atoms with Crippen LogP contribution in [-0.4, -0.2) is 19.6 Å². The van der Waals surface area contributed by atoms with E-state index in [0.717, 1.165) is 36.1 Å². The molecule has 0 aliphatic heterocycles. The maximum atomic E-state index is 12.4. The first-order valence-corrected chi connectivity index (χ1v) is 8.06. The van der Waals surface area contributed by atoms with E-state index >= 15 is 0 Å². The van der Waals surface area contributed by atoms with Crippen LogP contribution in [-0.2, 0) is 19.4 Å². The summed E-state index contributed by atoms with van der Waals surface area (Å²) in [6, 6.07) is 5.35. The molecule has 3 aromatic rings. The predicted molar refractivity (Wildman–Crippen MR) is 89.4 cm³/mol. The van der Waals surface area contributed by atoms with Gasteiger partial charge < -0.3 is 5.32 Å². The minimum Gasteiger partial charge on any atom is -0.350 e. The quantitative estimate of drug-likeness (QED) is 0.762. The van der Waals surface area contributed by atoms with Gasteiger partial charge in [-0.1, -0.05) is 29.3 Å². The van der Waals surface area contributed by atoms with Gasteiger partial charge in [-0.3, -0.25) is 9.89 Å². The molecule has 4 rings (SSSR count). The van der Waals surface area contributed by atoms with Crippen LogP contribution in [0.25, 0.3) is 5.78 Å². The highest BCUT2D eigenvalue weighted by Gasteiger charge is 2.19. The van der Waals surface area contributed by atoms with Crippen LogP contribution in [0.4, 0.5) is 5.95 Å². The molecule has 0 spiro atoms. The number of nitrogens with one attached hydrogen (secondary N) is 2. The summed E-state index contributed by atoms with van der Waals surface area (Å²) < 4.78 is 1.38. The summed E-state index contributed by atoms with van der Waals surface area (Å²) in [5, 5.41) is 7.19. The number of hydrogen-bond donors (Lipinski definition) is 2. The molecule has 0 saturated carbocycles. The van der Waals surface area contributed by atoms with E-state index < -0.39 is 0 Å². The largest absolute Gasteiger partial charge is 0.350 e. The van der Waals surface area contributed by atoms with Crippen molar-refractivity contribution in [2.24, 2.45) is 0 Å². The SMILES string of the molecule is O=c1c2c(nc3nc(NCc4c(Cl)cccc4Cl)[nH]n13)CCC2. The highest BCUT2D eigenvalue weighted by atomic mass is 35.5. The van der Waals surface area contributed by atoms with Crippen LogP contribution in [0, 0.1) is 0 Å². The number of aromatic nitrogens is 4. The molecule has 0 bridgehead atoms. The molecule has 2 aromatic heterocycles. The van der Waals surface area contributed by atoms with Gasteiger partial charge in [-0.15, -0.1) is 0 Å². The Labute approximate surface area is 141 Å². The Hall–Kier alpha value is -2.05. The van der Waals surface area contributed by atoms with Crippen molar-refractivity contribution in [2.45, 2.75) is 25.8 Å². The van der Waals surface area contributed by atoms with Gasteiger partial charge in [0.25, 0.3) is 11.3 Å². The Balaban J connectivity index is 1.66. The number of rotatable bonds is 3. The molecule has 118 valence electrons. The van der Waals surface area contributed by atoms with E-state index in [9.17, 15) is 4.79 Å². The summed E-state index contributed by atoms with van der Waals surface area (Å²) in [5.74, 6) is 0.831. The lowest BCUT2D eigenvalue weighted by atomic mass is 10.2. The average Bonchev–Trinajstić information content (AvgIpc) is 3.14. The van der Waals surface area contributed by atoms with Crippen molar-refractivity contribution in [3.8, 4) is 0 Å². The van der Waals surface area contributed by atoms with Crippen molar-refractivity contribution in [1.82, 2.24) is 19.6 Å². The number of benzene rings is 1. The lowest BCUT2D eigenvalue weighted by Crippen LogP contribution is -2.20. The van der Waals surface area contributed by atoms with E-state index in [-0.39, 0.29) is 5.56 Å². The standard InChI is InChI=1S/C15H13Cl2N5O/c16-10-4-2-5-11(17)9(10)7-18-14-20-15-19-12-6-1-3-8(12)13(23)22(15)21-14/h2,4-5H,1,3,6-7H2,(H2,18,19,20,21). The van der Waals surface area contributed by atoms with E-state index in [0.29, 0.717) is 28.3 Å². The van der Waals surface area contributed by atoms with Crippen LogP contribution in [0.1, 0.15) is 23.2 Å². The van der Waals surface area contributed by atoms with E-state index in [1.165, 1.54) is 4.52 Å². The number of nitrogens with zero attached hydrogens (tertiary/aromatic N) is 3. The molecule has 1 aliphatic carbocycles. The molecule has 2 N–H and O–H groups in total. The van der Waals surface area contributed by atoms with E-state index in [2.05, 4.69) is 20.4 Å². The van der Waals surface area contributed by atoms with Crippen LogP contribution in [0.5, 0.6) is 0 Å². The summed E-state index contributed by atoms with van der Waals surface area (Å²) in [7, 11) is 0. The van der Waals surface area contributed by atoms with E-state index in [4.69, 9.17) is 23.2 Å². The molecule has 0 saturated heterocycles. The van der Waals surface area contributed by atoms with Crippen molar-refractivity contribution in [2.75, 3.05) is 5.32 Å². The number of aromatic amines is 1. The smallest absolute Gasteiger partial charge is 0.277 e. The van der Waals surface area contributed by atoms with Crippen molar-refractivity contribution < 1.29 is 0 Å². The second-order valence-corrected chi connectivity index (χ2v) is 6.27. The molecule has 1 aliphatic rings. The Morgan fingerprint density at radius 3 is 2.78 bits per heavy atom. The van der Waals surface area contributed by atoms with Crippen LogP contribution in [0.15, 0.2) is 23.0 Å². The van der Waals surface area contributed by atoms with Crippen molar-refractivity contribution in [3.05, 3.63) is 55.4 Å². The molecular weight excluding hydrogens is 337 g/mol. The third-order valence-electron chi connectivity index (χ3n) is 4.01. The molecule has 8 heteroatoms. The van der Waals surface area contributed by atoms with Gasteiger partial charge >= 0.3 is 0 Å². The summed E-state index contributed by atoms with van der Waals surface area (Å²) >= 11 is 12.3. The molecule has 0 radical (unpaired) electrons. The number of halogens is 2. The molecule has 0 unspecified atom stereocenters. The minimum absolute atomic E-state index is 0.0705. The lowest BCUT2D eigenvalue weighted by molar-refractivity contribution is 0.868. The molecule has 0 fully saturated rings.